The van der Waals surface area contributed by atoms with Crippen LogP contribution in [0.3, 0.4) is 0 Å². The van der Waals surface area contributed by atoms with Crippen molar-refractivity contribution in [1.29, 1.82) is 0 Å². The lowest BCUT2D eigenvalue weighted by Gasteiger charge is -2.11. The predicted molar refractivity (Wildman–Crippen MR) is 75.8 cm³/mol. The third-order valence-corrected chi connectivity index (χ3v) is 4.75. The van der Waals surface area contributed by atoms with Crippen LogP contribution in [0.4, 0.5) is 0 Å². The Balaban J connectivity index is 3.33. The van der Waals surface area contributed by atoms with E-state index in [2.05, 4.69) is 27.2 Å². The second kappa shape index (κ2) is 5.85. The molecule has 1 rings (SSSR count). The van der Waals surface area contributed by atoms with E-state index in [1.165, 1.54) is 6.07 Å². The molecule has 0 saturated heterocycles. The molecule has 0 atom stereocenters. The van der Waals surface area contributed by atoms with Crippen LogP contribution in [0.15, 0.2) is 33.7 Å². The molecule has 104 valence electrons. The fourth-order valence-corrected chi connectivity index (χ4v) is 3.33. The van der Waals surface area contributed by atoms with E-state index in [-0.39, 0.29) is 17.0 Å². The average Bonchev–Trinajstić information content (AvgIpc) is 2.29. The molecule has 0 aliphatic carbocycles. The van der Waals surface area contributed by atoms with Gasteiger partial charge in [-0.25, -0.2) is 17.9 Å². The van der Waals surface area contributed by atoms with Crippen molar-refractivity contribution >= 4 is 31.9 Å². The van der Waals surface area contributed by atoms with Gasteiger partial charge in [0.05, 0.1) is 10.5 Å². The Hall–Kier alpha value is -1.18. The van der Waals surface area contributed by atoms with Gasteiger partial charge in [-0.1, -0.05) is 28.1 Å². The van der Waals surface area contributed by atoms with Crippen LogP contribution < -0.4 is 4.72 Å². The summed E-state index contributed by atoms with van der Waals surface area (Å²) in [5.41, 5.74) is 1.03. The van der Waals surface area contributed by atoms with Gasteiger partial charge in [0.15, 0.2) is 0 Å². The van der Waals surface area contributed by atoms with Gasteiger partial charge in [-0.2, -0.15) is 0 Å². The molecule has 0 spiro atoms. The Kier molecular flexibility index (Phi) is 4.89. The number of aromatic carboxylic acids is 1. The zero-order valence-corrected chi connectivity index (χ0v) is 12.9. The summed E-state index contributed by atoms with van der Waals surface area (Å²) < 4.78 is 27.0. The van der Waals surface area contributed by atoms with E-state index >= 15 is 0 Å². The molecule has 0 radical (unpaired) electrons. The molecule has 2 N–H and O–H groups in total. The summed E-state index contributed by atoms with van der Waals surface area (Å²) in [6.07, 6.45) is 0. The van der Waals surface area contributed by atoms with Gasteiger partial charge < -0.3 is 5.11 Å². The van der Waals surface area contributed by atoms with Gasteiger partial charge >= 0.3 is 5.97 Å². The van der Waals surface area contributed by atoms with Gasteiger partial charge in [-0.3, -0.25) is 0 Å². The van der Waals surface area contributed by atoms with Crippen LogP contribution in [0.5, 0.6) is 0 Å². The highest BCUT2D eigenvalue weighted by Crippen LogP contribution is 2.25. The van der Waals surface area contributed by atoms with Crippen LogP contribution >= 0.6 is 15.9 Å². The molecule has 0 unspecified atom stereocenters. The zero-order valence-electron chi connectivity index (χ0n) is 10.5. The first kappa shape index (κ1) is 15.9. The number of hydrogen-bond acceptors (Lipinski definition) is 3. The summed E-state index contributed by atoms with van der Waals surface area (Å²) in [6, 6.07) is 2.51. The van der Waals surface area contributed by atoms with Crippen LogP contribution in [0, 0.1) is 6.92 Å². The van der Waals surface area contributed by atoms with Crippen molar-refractivity contribution in [1.82, 2.24) is 4.72 Å². The topological polar surface area (TPSA) is 83.5 Å². The summed E-state index contributed by atoms with van der Waals surface area (Å²) >= 11 is 3.16. The molecule has 7 heteroatoms. The summed E-state index contributed by atoms with van der Waals surface area (Å²) in [7, 11) is -3.77. The lowest BCUT2D eigenvalue weighted by Crippen LogP contribution is -2.26. The maximum atomic E-state index is 12.1. The Labute approximate surface area is 120 Å². The predicted octanol–water partition coefficient (Wildman–Crippen LogP) is 2.31. The lowest BCUT2D eigenvalue weighted by molar-refractivity contribution is 0.0696. The van der Waals surface area contributed by atoms with Crippen molar-refractivity contribution < 1.29 is 18.3 Å². The van der Waals surface area contributed by atoms with E-state index in [1.54, 1.807) is 13.8 Å². The van der Waals surface area contributed by atoms with Crippen LogP contribution in [-0.4, -0.2) is 26.0 Å². The maximum Gasteiger partial charge on any atom is 0.335 e. The lowest BCUT2D eigenvalue weighted by atomic mass is 10.1. The summed E-state index contributed by atoms with van der Waals surface area (Å²) in [4.78, 5) is 10.9. The van der Waals surface area contributed by atoms with Crippen LogP contribution in [0.2, 0.25) is 0 Å². The van der Waals surface area contributed by atoms with Crippen molar-refractivity contribution in [3.63, 3.8) is 0 Å². The van der Waals surface area contributed by atoms with Gasteiger partial charge in [0.1, 0.15) is 0 Å². The van der Waals surface area contributed by atoms with Crippen molar-refractivity contribution in [3.05, 3.63) is 39.9 Å². The van der Waals surface area contributed by atoms with E-state index in [0.717, 1.165) is 6.07 Å². The SMILES string of the molecule is C=C(C)CNS(=O)(=O)c1cc(C(=O)O)cc(Br)c1C. The average molecular weight is 348 g/mol. The monoisotopic (exact) mass is 347 g/mol. The first-order valence-electron chi connectivity index (χ1n) is 5.32. The minimum absolute atomic E-state index is 0.0551. The standard InChI is InChI=1S/C12H14BrNO4S/c1-7(2)6-14-19(17,18)11-5-9(12(15)16)4-10(13)8(11)3/h4-5,14H,1,6H2,2-3H3,(H,15,16). The molecule has 0 aliphatic rings. The molecular formula is C12H14BrNO4S. The minimum Gasteiger partial charge on any atom is -0.478 e. The highest BCUT2D eigenvalue weighted by atomic mass is 79.9. The van der Waals surface area contributed by atoms with Gasteiger partial charge in [0.2, 0.25) is 10.0 Å². The van der Waals surface area contributed by atoms with E-state index in [9.17, 15) is 13.2 Å². The molecule has 0 fully saturated rings. The second-order valence-corrected chi connectivity index (χ2v) is 6.76. The van der Waals surface area contributed by atoms with E-state index < -0.39 is 16.0 Å². The molecule has 1 aromatic carbocycles. The van der Waals surface area contributed by atoms with Crippen molar-refractivity contribution in [2.75, 3.05) is 6.54 Å². The Morgan fingerprint density at radius 1 is 1.47 bits per heavy atom. The normalized spacial score (nSPS) is 11.3. The van der Waals surface area contributed by atoms with Gasteiger partial charge in [0, 0.05) is 11.0 Å². The molecule has 0 heterocycles. The molecule has 0 aliphatic heterocycles. The second-order valence-electron chi connectivity index (χ2n) is 4.17. The summed E-state index contributed by atoms with van der Waals surface area (Å²) in [6.45, 7) is 7.01. The van der Waals surface area contributed by atoms with E-state index in [1.807, 2.05) is 0 Å². The number of carboxylic acids is 1. The quantitative estimate of drug-likeness (QED) is 0.800. The molecule has 0 amide bonds. The van der Waals surface area contributed by atoms with E-state index in [4.69, 9.17) is 5.11 Å². The zero-order chi connectivity index (χ0) is 14.8. The fraction of sp³-hybridized carbons (Fsp3) is 0.250. The largest absolute Gasteiger partial charge is 0.478 e. The highest BCUT2D eigenvalue weighted by Gasteiger charge is 2.20. The Bertz CT molecular complexity index is 637. The number of nitrogens with one attached hydrogen (secondary N) is 1. The number of carboxylic acid groups (broad SMARTS) is 1. The molecule has 1 aromatic rings. The molecule has 19 heavy (non-hydrogen) atoms. The molecule has 5 nitrogen and oxygen atoms in total. The number of halogens is 1. The van der Waals surface area contributed by atoms with Crippen molar-refractivity contribution in [2.24, 2.45) is 0 Å². The summed E-state index contributed by atoms with van der Waals surface area (Å²) in [5, 5.41) is 8.96. The minimum atomic E-state index is -3.77. The Morgan fingerprint density at radius 2 is 2.05 bits per heavy atom. The number of hydrogen-bond donors (Lipinski definition) is 2. The third kappa shape index (κ3) is 3.89. The van der Waals surface area contributed by atoms with Gasteiger partial charge in [-0.15, -0.1) is 0 Å². The first-order valence-corrected chi connectivity index (χ1v) is 7.60. The third-order valence-electron chi connectivity index (χ3n) is 2.40. The van der Waals surface area contributed by atoms with Gasteiger partial charge in [-0.05, 0) is 31.5 Å². The molecule has 0 aromatic heterocycles. The number of rotatable bonds is 5. The van der Waals surface area contributed by atoms with Crippen LogP contribution in [0.1, 0.15) is 22.8 Å². The van der Waals surface area contributed by atoms with Crippen molar-refractivity contribution in [3.8, 4) is 0 Å². The maximum absolute atomic E-state index is 12.1. The smallest absolute Gasteiger partial charge is 0.335 e. The van der Waals surface area contributed by atoms with Gasteiger partial charge in [0.25, 0.3) is 0 Å². The van der Waals surface area contributed by atoms with Crippen LogP contribution in [-0.2, 0) is 10.0 Å². The first-order chi connectivity index (χ1) is 8.65. The molecular weight excluding hydrogens is 334 g/mol. The Morgan fingerprint density at radius 3 is 2.53 bits per heavy atom. The summed E-state index contributed by atoms with van der Waals surface area (Å²) in [5.74, 6) is -1.18. The number of sulfonamides is 1. The number of carbonyl (C=O) groups is 1. The number of benzene rings is 1. The molecule has 0 bridgehead atoms. The fourth-order valence-electron chi connectivity index (χ4n) is 1.35. The van der Waals surface area contributed by atoms with Crippen molar-refractivity contribution in [2.45, 2.75) is 18.7 Å². The van der Waals surface area contributed by atoms with E-state index in [0.29, 0.717) is 15.6 Å². The van der Waals surface area contributed by atoms with Crippen LogP contribution in [0.25, 0.3) is 0 Å². The molecule has 0 saturated carbocycles. The highest BCUT2D eigenvalue weighted by molar-refractivity contribution is 9.10.